The number of hydrogen-bond donors (Lipinski definition) is 0. The topological polar surface area (TPSA) is 0 Å². The second-order valence-electron chi connectivity index (χ2n) is 7.22. The first-order chi connectivity index (χ1) is 11.7. The van der Waals surface area contributed by atoms with Crippen LogP contribution in [-0.4, -0.2) is 0 Å². The quantitative estimate of drug-likeness (QED) is 0.525. The second-order valence-corrected chi connectivity index (χ2v) is 7.22. The molecule has 24 heavy (non-hydrogen) atoms. The van der Waals surface area contributed by atoms with Gasteiger partial charge in [-0.15, -0.1) is 6.58 Å². The van der Waals surface area contributed by atoms with Crippen molar-refractivity contribution in [2.75, 3.05) is 0 Å². The van der Waals surface area contributed by atoms with Gasteiger partial charge < -0.3 is 0 Å². The zero-order chi connectivity index (χ0) is 16.9. The minimum atomic E-state index is -0.0391. The number of benzene rings is 2. The van der Waals surface area contributed by atoms with E-state index < -0.39 is 0 Å². The summed E-state index contributed by atoms with van der Waals surface area (Å²) in [5, 5.41) is 0. The molecule has 1 heteroatoms. The maximum Gasteiger partial charge on any atom is 0.127 e. The molecule has 0 atom stereocenters. The van der Waals surface area contributed by atoms with E-state index in [2.05, 4.69) is 43.8 Å². The van der Waals surface area contributed by atoms with E-state index in [1.54, 1.807) is 6.07 Å². The third-order valence-corrected chi connectivity index (χ3v) is 5.38. The molecule has 126 valence electrons. The molecule has 0 amide bonds. The van der Waals surface area contributed by atoms with Crippen LogP contribution in [0.4, 0.5) is 4.39 Å². The lowest BCUT2D eigenvalue weighted by atomic mass is 9.79. The first-order valence-corrected chi connectivity index (χ1v) is 9.17. The monoisotopic (exact) mass is 322 g/mol. The summed E-state index contributed by atoms with van der Waals surface area (Å²) in [6, 6.07) is 14.3. The highest BCUT2D eigenvalue weighted by atomic mass is 19.1. The number of aryl methyl sites for hydroxylation is 1. The van der Waals surface area contributed by atoms with Crippen LogP contribution >= 0.6 is 0 Å². The first kappa shape index (κ1) is 17.0. The normalized spacial score (nSPS) is 20.8. The van der Waals surface area contributed by atoms with Crippen LogP contribution in [0.25, 0.3) is 11.1 Å². The van der Waals surface area contributed by atoms with Gasteiger partial charge in [0, 0.05) is 0 Å². The Morgan fingerprint density at radius 1 is 1.00 bits per heavy atom. The van der Waals surface area contributed by atoms with E-state index in [-0.39, 0.29) is 5.82 Å². The summed E-state index contributed by atoms with van der Waals surface area (Å²) in [5.41, 5.74) is 4.26. The minimum Gasteiger partial charge on any atom is -0.207 e. The maximum absolute atomic E-state index is 14.7. The highest BCUT2D eigenvalue weighted by Gasteiger charge is 2.22. The van der Waals surface area contributed by atoms with Crippen LogP contribution in [0.1, 0.15) is 56.1 Å². The maximum atomic E-state index is 14.7. The molecule has 0 nitrogen and oxygen atoms in total. The van der Waals surface area contributed by atoms with Crippen LogP contribution in [0.2, 0.25) is 0 Å². The third-order valence-electron chi connectivity index (χ3n) is 5.38. The fraction of sp³-hybridized carbons (Fsp3) is 0.391. The van der Waals surface area contributed by atoms with Crippen LogP contribution in [0.15, 0.2) is 55.1 Å². The molecule has 1 aliphatic rings. The Morgan fingerprint density at radius 2 is 1.67 bits per heavy atom. The van der Waals surface area contributed by atoms with E-state index in [9.17, 15) is 4.39 Å². The molecule has 1 aliphatic carbocycles. The molecule has 0 bridgehead atoms. The largest absolute Gasteiger partial charge is 0.207 e. The molecule has 0 aliphatic heterocycles. The van der Waals surface area contributed by atoms with Crippen molar-refractivity contribution in [2.24, 2.45) is 5.92 Å². The van der Waals surface area contributed by atoms with Gasteiger partial charge in [0.15, 0.2) is 0 Å². The van der Waals surface area contributed by atoms with E-state index in [1.165, 1.54) is 18.4 Å². The van der Waals surface area contributed by atoms with Gasteiger partial charge in [-0.05, 0) is 65.8 Å². The molecule has 3 rings (SSSR count). The van der Waals surface area contributed by atoms with Gasteiger partial charge in [-0.3, -0.25) is 0 Å². The van der Waals surface area contributed by atoms with E-state index in [0.717, 1.165) is 48.3 Å². The molecule has 0 heterocycles. The van der Waals surface area contributed by atoms with Crippen molar-refractivity contribution in [2.45, 2.75) is 51.4 Å². The molecule has 0 aromatic heterocycles. The SMILES string of the molecule is C=CCCc1ccc(-c2ccc(C3CCC(C)CC3)c(F)c2)cc1. The van der Waals surface area contributed by atoms with E-state index in [0.29, 0.717) is 5.92 Å². The fourth-order valence-corrected chi connectivity index (χ4v) is 3.74. The second kappa shape index (κ2) is 7.79. The zero-order valence-corrected chi connectivity index (χ0v) is 14.6. The standard InChI is InChI=1S/C23H27F/c1-3-4-5-18-8-12-19(13-9-18)21-14-15-22(23(24)16-21)20-10-6-17(2)7-11-20/h3,8-9,12-17,20H,1,4-7,10-11H2,2H3. The lowest BCUT2D eigenvalue weighted by Gasteiger charge is -2.26. The predicted octanol–water partition coefficient (Wildman–Crippen LogP) is 6.91. The summed E-state index contributed by atoms with van der Waals surface area (Å²) >= 11 is 0. The average molecular weight is 322 g/mol. The summed E-state index contributed by atoms with van der Waals surface area (Å²) < 4.78 is 14.7. The summed E-state index contributed by atoms with van der Waals surface area (Å²) in [5.74, 6) is 1.16. The molecule has 0 saturated heterocycles. The van der Waals surface area contributed by atoms with Crippen molar-refractivity contribution in [3.8, 4) is 11.1 Å². The van der Waals surface area contributed by atoms with Gasteiger partial charge in [-0.1, -0.05) is 62.2 Å². The fourth-order valence-electron chi connectivity index (χ4n) is 3.74. The van der Waals surface area contributed by atoms with Gasteiger partial charge in [0.05, 0.1) is 0 Å². The highest BCUT2D eigenvalue weighted by molar-refractivity contribution is 5.64. The first-order valence-electron chi connectivity index (χ1n) is 9.17. The Bertz CT molecular complexity index is 676. The van der Waals surface area contributed by atoms with Gasteiger partial charge in [0.2, 0.25) is 0 Å². The number of allylic oxidation sites excluding steroid dienone is 1. The molecule has 0 radical (unpaired) electrons. The smallest absolute Gasteiger partial charge is 0.127 e. The Hall–Kier alpha value is -1.89. The molecular weight excluding hydrogens is 295 g/mol. The van der Waals surface area contributed by atoms with Gasteiger partial charge in [0.1, 0.15) is 5.82 Å². The zero-order valence-electron chi connectivity index (χ0n) is 14.6. The molecule has 0 N–H and O–H groups in total. The van der Waals surface area contributed by atoms with Crippen LogP contribution in [0.3, 0.4) is 0 Å². The molecule has 1 fully saturated rings. The van der Waals surface area contributed by atoms with Gasteiger partial charge in [0.25, 0.3) is 0 Å². The highest BCUT2D eigenvalue weighted by Crippen LogP contribution is 2.37. The average Bonchev–Trinajstić information content (AvgIpc) is 2.61. The van der Waals surface area contributed by atoms with Gasteiger partial charge >= 0.3 is 0 Å². The number of halogens is 1. The van der Waals surface area contributed by atoms with Crippen LogP contribution in [-0.2, 0) is 6.42 Å². The Kier molecular flexibility index (Phi) is 5.50. The Labute approximate surface area is 145 Å². The molecule has 0 spiro atoms. The van der Waals surface area contributed by atoms with Crippen molar-refractivity contribution >= 4 is 0 Å². The molecule has 2 aromatic carbocycles. The van der Waals surface area contributed by atoms with Crippen LogP contribution < -0.4 is 0 Å². The van der Waals surface area contributed by atoms with Crippen molar-refractivity contribution in [1.82, 2.24) is 0 Å². The summed E-state index contributed by atoms with van der Waals surface area (Å²) in [6.07, 6.45) is 8.62. The Morgan fingerprint density at radius 3 is 2.29 bits per heavy atom. The van der Waals surface area contributed by atoms with Crippen molar-refractivity contribution in [3.05, 3.63) is 72.1 Å². The lowest BCUT2D eigenvalue weighted by molar-refractivity contribution is 0.342. The number of hydrogen-bond acceptors (Lipinski definition) is 0. The van der Waals surface area contributed by atoms with Crippen molar-refractivity contribution in [1.29, 1.82) is 0 Å². The predicted molar refractivity (Wildman–Crippen MR) is 101 cm³/mol. The summed E-state index contributed by atoms with van der Waals surface area (Å²) in [7, 11) is 0. The molecule has 1 saturated carbocycles. The lowest BCUT2D eigenvalue weighted by Crippen LogP contribution is -2.12. The molecular formula is C23H27F. The van der Waals surface area contributed by atoms with Crippen LogP contribution in [0, 0.1) is 11.7 Å². The third kappa shape index (κ3) is 3.95. The van der Waals surface area contributed by atoms with E-state index >= 15 is 0 Å². The van der Waals surface area contributed by atoms with Crippen molar-refractivity contribution < 1.29 is 4.39 Å². The minimum absolute atomic E-state index is 0.0391. The van der Waals surface area contributed by atoms with Gasteiger partial charge in [-0.2, -0.15) is 0 Å². The van der Waals surface area contributed by atoms with E-state index in [1.807, 2.05) is 12.1 Å². The molecule has 0 unspecified atom stereocenters. The number of rotatable bonds is 5. The van der Waals surface area contributed by atoms with Crippen LogP contribution in [0.5, 0.6) is 0 Å². The Balaban J connectivity index is 1.75. The summed E-state index contributed by atoms with van der Waals surface area (Å²) in [6.45, 7) is 6.06. The molecule has 2 aromatic rings. The van der Waals surface area contributed by atoms with Crippen molar-refractivity contribution in [3.63, 3.8) is 0 Å². The van der Waals surface area contributed by atoms with Gasteiger partial charge in [-0.25, -0.2) is 4.39 Å². The van der Waals surface area contributed by atoms with E-state index in [4.69, 9.17) is 0 Å². The summed E-state index contributed by atoms with van der Waals surface area (Å²) in [4.78, 5) is 0.